The zero-order chi connectivity index (χ0) is 17.4. The average molecular weight is 359 g/mol. The van der Waals surface area contributed by atoms with E-state index < -0.39 is 5.97 Å². The van der Waals surface area contributed by atoms with Crippen LogP contribution >= 0.6 is 11.6 Å². The Morgan fingerprint density at radius 2 is 2.17 bits per heavy atom. The molecule has 5 nitrogen and oxygen atoms in total. The number of hydrogen-bond acceptors (Lipinski definition) is 4. The Labute approximate surface area is 148 Å². The molecule has 1 heterocycles. The molecular weight excluding hydrogens is 332 g/mol. The standard InChI is InChI=1S/C18H27ClO5/c19-15-11-16(24-18-9-5-6-10-23-18)14(12-20)13(15)7-3-1-2-4-8-17(21)22/h1,3,12-16,18H,2,4-11H2,(H,21,22)/t13-,14-,15+,16-,18?/m1/s1. The number of aliphatic carboxylic acids is 1. The second kappa shape index (κ2) is 10.2. The van der Waals surface area contributed by atoms with E-state index >= 15 is 0 Å². The van der Waals surface area contributed by atoms with Gasteiger partial charge in [-0.1, -0.05) is 12.2 Å². The largest absolute Gasteiger partial charge is 0.481 e. The van der Waals surface area contributed by atoms with Gasteiger partial charge in [-0.05, 0) is 50.9 Å². The van der Waals surface area contributed by atoms with Crippen molar-refractivity contribution >= 4 is 23.9 Å². The van der Waals surface area contributed by atoms with Crippen molar-refractivity contribution in [3.8, 4) is 0 Å². The molecule has 136 valence electrons. The molecule has 0 aromatic carbocycles. The summed E-state index contributed by atoms with van der Waals surface area (Å²) in [6.45, 7) is 0.718. The van der Waals surface area contributed by atoms with Gasteiger partial charge < -0.3 is 19.4 Å². The monoisotopic (exact) mass is 358 g/mol. The number of rotatable bonds is 9. The third-order valence-corrected chi connectivity index (χ3v) is 5.31. The fraction of sp³-hybridized carbons (Fsp3) is 0.778. The first-order valence-electron chi connectivity index (χ1n) is 8.85. The molecule has 1 saturated heterocycles. The first kappa shape index (κ1) is 19.4. The van der Waals surface area contributed by atoms with E-state index in [1.54, 1.807) is 0 Å². The molecule has 2 fully saturated rings. The highest BCUT2D eigenvalue weighted by atomic mass is 35.5. The summed E-state index contributed by atoms with van der Waals surface area (Å²) < 4.78 is 11.6. The molecule has 5 atom stereocenters. The van der Waals surface area contributed by atoms with Crippen molar-refractivity contribution in [1.82, 2.24) is 0 Å². The number of alkyl halides is 1. The first-order chi connectivity index (χ1) is 11.6. The Morgan fingerprint density at radius 1 is 1.33 bits per heavy atom. The molecule has 1 unspecified atom stereocenters. The van der Waals surface area contributed by atoms with E-state index in [2.05, 4.69) is 0 Å². The van der Waals surface area contributed by atoms with Gasteiger partial charge in [0.05, 0.1) is 6.10 Å². The van der Waals surface area contributed by atoms with Gasteiger partial charge in [-0.2, -0.15) is 0 Å². The Hall–Kier alpha value is -0.910. The number of allylic oxidation sites excluding steroid dienone is 2. The van der Waals surface area contributed by atoms with Gasteiger partial charge >= 0.3 is 5.97 Å². The third kappa shape index (κ3) is 5.87. The summed E-state index contributed by atoms with van der Waals surface area (Å²) in [4.78, 5) is 22.0. The molecule has 1 N–H and O–H groups in total. The van der Waals surface area contributed by atoms with Crippen LogP contribution in [0.4, 0.5) is 0 Å². The summed E-state index contributed by atoms with van der Waals surface area (Å²) in [5.41, 5.74) is 0. The maximum Gasteiger partial charge on any atom is 0.303 e. The minimum atomic E-state index is -0.772. The first-order valence-corrected chi connectivity index (χ1v) is 9.28. The van der Waals surface area contributed by atoms with Crippen LogP contribution in [0.3, 0.4) is 0 Å². The summed E-state index contributed by atoms with van der Waals surface area (Å²) in [5.74, 6) is -0.916. The molecule has 1 saturated carbocycles. The molecule has 0 amide bonds. The van der Waals surface area contributed by atoms with E-state index in [0.717, 1.165) is 45.0 Å². The van der Waals surface area contributed by atoms with Crippen LogP contribution in [-0.2, 0) is 19.1 Å². The Morgan fingerprint density at radius 3 is 2.83 bits per heavy atom. The van der Waals surface area contributed by atoms with Crippen LogP contribution < -0.4 is 0 Å². The highest BCUT2D eigenvalue weighted by Gasteiger charge is 2.43. The molecule has 1 aliphatic heterocycles. The molecular formula is C18H27ClO5. The molecule has 0 radical (unpaired) electrons. The molecule has 2 rings (SSSR count). The fourth-order valence-corrected chi connectivity index (χ4v) is 3.91. The predicted molar refractivity (Wildman–Crippen MR) is 91.0 cm³/mol. The van der Waals surface area contributed by atoms with E-state index in [1.807, 2.05) is 12.2 Å². The Balaban J connectivity index is 1.79. The van der Waals surface area contributed by atoms with Crippen LogP contribution in [0, 0.1) is 11.8 Å². The quantitative estimate of drug-likeness (QED) is 0.295. The number of hydrogen-bond donors (Lipinski definition) is 1. The summed E-state index contributed by atoms with van der Waals surface area (Å²) in [6.07, 6.45) is 10.5. The van der Waals surface area contributed by atoms with Crippen LogP contribution in [0.25, 0.3) is 0 Å². The Bertz CT molecular complexity index is 433. The molecule has 0 bridgehead atoms. The number of aldehydes is 1. The molecule has 24 heavy (non-hydrogen) atoms. The van der Waals surface area contributed by atoms with Gasteiger partial charge in [0.1, 0.15) is 6.29 Å². The third-order valence-electron chi connectivity index (χ3n) is 4.80. The van der Waals surface area contributed by atoms with Crippen LogP contribution in [0.5, 0.6) is 0 Å². The van der Waals surface area contributed by atoms with E-state index in [9.17, 15) is 9.59 Å². The number of carbonyl (C=O) groups is 2. The average Bonchev–Trinajstić information content (AvgIpc) is 2.86. The topological polar surface area (TPSA) is 72.8 Å². The van der Waals surface area contributed by atoms with Crippen molar-refractivity contribution in [2.75, 3.05) is 6.61 Å². The van der Waals surface area contributed by atoms with E-state index in [-0.39, 0.29) is 36.0 Å². The van der Waals surface area contributed by atoms with Gasteiger partial charge in [0.2, 0.25) is 0 Å². The lowest BCUT2D eigenvalue weighted by molar-refractivity contribution is -0.194. The van der Waals surface area contributed by atoms with Gasteiger partial charge in [0, 0.05) is 24.3 Å². The minimum Gasteiger partial charge on any atom is -0.481 e. The smallest absolute Gasteiger partial charge is 0.303 e. The normalized spacial score (nSPS) is 33.8. The summed E-state index contributed by atoms with van der Waals surface area (Å²) >= 11 is 6.45. The Kier molecular flexibility index (Phi) is 8.22. The zero-order valence-electron chi connectivity index (χ0n) is 13.9. The lowest BCUT2D eigenvalue weighted by Crippen LogP contribution is -2.31. The fourth-order valence-electron chi connectivity index (χ4n) is 3.47. The summed E-state index contributed by atoms with van der Waals surface area (Å²) in [6, 6.07) is 0. The van der Waals surface area contributed by atoms with Crippen LogP contribution in [0.1, 0.15) is 51.4 Å². The van der Waals surface area contributed by atoms with E-state index in [1.165, 1.54) is 0 Å². The lowest BCUT2D eigenvalue weighted by atomic mass is 9.92. The van der Waals surface area contributed by atoms with Gasteiger partial charge in [0.15, 0.2) is 6.29 Å². The number of carboxylic acids is 1. The number of carboxylic acid groups (broad SMARTS) is 1. The number of unbranched alkanes of at least 4 members (excludes halogenated alkanes) is 1. The van der Waals surface area contributed by atoms with Crippen LogP contribution in [0.2, 0.25) is 0 Å². The number of ether oxygens (including phenoxy) is 2. The second-order valence-corrected chi connectivity index (χ2v) is 7.15. The van der Waals surface area contributed by atoms with Crippen molar-refractivity contribution in [3.63, 3.8) is 0 Å². The van der Waals surface area contributed by atoms with E-state index in [0.29, 0.717) is 12.8 Å². The maximum absolute atomic E-state index is 11.6. The SMILES string of the molecule is O=C[C@@H]1[C@@H](CC=CCCCC(=O)O)[C@@H](Cl)C[C@H]1OC1CCCCO1. The van der Waals surface area contributed by atoms with Crippen molar-refractivity contribution in [2.24, 2.45) is 11.8 Å². The lowest BCUT2D eigenvalue weighted by Gasteiger charge is -2.28. The number of carbonyl (C=O) groups excluding carboxylic acids is 1. The molecule has 1 aliphatic carbocycles. The predicted octanol–water partition coefficient (Wildman–Crippen LogP) is 3.54. The van der Waals surface area contributed by atoms with Crippen molar-refractivity contribution < 1.29 is 24.2 Å². The zero-order valence-corrected chi connectivity index (χ0v) is 14.7. The molecule has 0 aromatic heterocycles. The molecule has 6 heteroatoms. The van der Waals surface area contributed by atoms with Crippen molar-refractivity contribution in [3.05, 3.63) is 12.2 Å². The summed E-state index contributed by atoms with van der Waals surface area (Å²) in [5, 5.41) is 8.52. The van der Waals surface area contributed by atoms with Gasteiger partial charge in [-0.3, -0.25) is 4.79 Å². The van der Waals surface area contributed by atoms with Gasteiger partial charge in [0.25, 0.3) is 0 Å². The van der Waals surface area contributed by atoms with Crippen LogP contribution in [-0.4, -0.2) is 41.7 Å². The minimum absolute atomic E-state index is 0.0634. The van der Waals surface area contributed by atoms with Crippen molar-refractivity contribution in [1.29, 1.82) is 0 Å². The van der Waals surface area contributed by atoms with Gasteiger partial charge in [-0.15, -0.1) is 11.6 Å². The number of halogens is 1. The highest BCUT2D eigenvalue weighted by Crippen LogP contribution is 2.40. The molecule has 0 spiro atoms. The van der Waals surface area contributed by atoms with Crippen LogP contribution in [0.15, 0.2) is 12.2 Å². The maximum atomic E-state index is 11.6. The van der Waals surface area contributed by atoms with Crippen molar-refractivity contribution in [2.45, 2.75) is 69.1 Å². The molecule has 2 aliphatic rings. The van der Waals surface area contributed by atoms with Gasteiger partial charge in [-0.25, -0.2) is 0 Å². The van der Waals surface area contributed by atoms with E-state index in [4.69, 9.17) is 26.2 Å². The summed E-state index contributed by atoms with van der Waals surface area (Å²) in [7, 11) is 0. The highest BCUT2D eigenvalue weighted by molar-refractivity contribution is 6.21. The molecule has 0 aromatic rings. The second-order valence-electron chi connectivity index (χ2n) is 6.59.